The van der Waals surface area contributed by atoms with E-state index in [1.54, 1.807) is 23.3 Å². The van der Waals surface area contributed by atoms with Crippen LogP contribution in [0.5, 0.6) is 5.75 Å². The number of carbonyl (C=O) groups excluding carboxylic acids is 1. The number of amides is 2. The Morgan fingerprint density at radius 1 is 0.904 bits per heavy atom. The zero-order valence-electron chi connectivity index (χ0n) is 29.9. The van der Waals surface area contributed by atoms with E-state index in [-0.39, 0.29) is 11.4 Å². The first kappa shape index (κ1) is 34.6. The van der Waals surface area contributed by atoms with Crippen LogP contribution in [0, 0.1) is 6.92 Å². The van der Waals surface area contributed by atoms with Crippen molar-refractivity contribution in [1.29, 1.82) is 0 Å². The van der Waals surface area contributed by atoms with Gasteiger partial charge in [-0.25, -0.2) is 19.4 Å². The van der Waals surface area contributed by atoms with Crippen LogP contribution in [-0.2, 0) is 23.3 Å². The van der Waals surface area contributed by atoms with Gasteiger partial charge in [-0.3, -0.25) is 15.2 Å². The van der Waals surface area contributed by atoms with Gasteiger partial charge in [0.1, 0.15) is 29.8 Å². The number of aryl methyl sites for hydroxylation is 1. The van der Waals surface area contributed by atoms with Crippen molar-refractivity contribution >= 4 is 39.9 Å². The van der Waals surface area contributed by atoms with E-state index in [0.717, 1.165) is 71.8 Å². The first-order valence-electron chi connectivity index (χ1n) is 17.4. The molecule has 266 valence electrons. The first-order chi connectivity index (χ1) is 25.2. The molecule has 1 aliphatic rings. The molecule has 0 bridgehead atoms. The molecule has 0 atom stereocenters. The van der Waals surface area contributed by atoms with E-state index in [0.29, 0.717) is 35.5 Å². The van der Waals surface area contributed by atoms with Gasteiger partial charge >= 0.3 is 6.03 Å². The molecule has 1 saturated heterocycles. The number of hydrogen-bond donors (Lipinski definition) is 3. The lowest BCUT2D eigenvalue weighted by Crippen LogP contribution is -2.35. The summed E-state index contributed by atoms with van der Waals surface area (Å²) in [5.74, 6) is 2.55. The Bertz CT molecular complexity index is 2170. The van der Waals surface area contributed by atoms with E-state index in [4.69, 9.17) is 19.6 Å². The molecule has 4 heterocycles. The molecular formula is C40H43N9O3. The predicted octanol–water partition coefficient (Wildman–Crippen LogP) is 7.62. The Labute approximate surface area is 303 Å². The summed E-state index contributed by atoms with van der Waals surface area (Å²) in [5, 5.41) is 15.9. The van der Waals surface area contributed by atoms with Gasteiger partial charge in [0.15, 0.2) is 0 Å². The van der Waals surface area contributed by atoms with E-state index in [1.807, 2.05) is 85.8 Å². The quantitative estimate of drug-likeness (QED) is 0.132. The molecule has 0 aliphatic carbocycles. The van der Waals surface area contributed by atoms with Gasteiger partial charge in [0.2, 0.25) is 0 Å². The number of nitrogens with one attached hydrogen (secondary N) is 3. The molecule has 0 saturated carbocycles. The van der Waals surface area contributed by atoms with Gasteiger partial charge in [0, 0.05) is 54.3 Å². The summed E-state index contributed by atoms with van der Waals surface area (Å²) in [6.07, 6.45) is 5.23. The fourth-order valence-electron chi connectivity index (χ4n) is 5.95. The molecule has 2 amide bonds. The van der Waals surface area contributed by atoms with Crippen molar-refractivity contribution in [2.75, 3.05) is 42.3 Å². The highest BCUT2D eigenvalue weighted by atomic mass is 16.5. The number of aromatic nitrogens is 5. The highest BCUT2D eigenvalue weighted by Crippen LogP contribution is 2.33. The van der Waals surface area contributed by atoms with Crippen molar-refractivity contribution in [2.45, 2.75) is 46.3 Å². The first-order valence-corrected chi connectivity index (χ1v) is 17.4. The highest BCUT2D eigenvalue weighted by molar-refractivity contribution is 6.07. The number of pyridine rings is 1. The lowest BCUT2D eigenvalue weighted by atomic mass is 9.92. The minimum atomic E-state index is -0.374. The van der Waals surface area contributed by atoms with Gasteiger partial charge in [0.05, 0.1) is 42.2 Å². The third-order valence-electron chi connectivity index (χ3n) is 8.78. The number of carbonyl (C=O) groups is 1. The van der Waals surface area contributed by atoms with Crippen molar-refractivity contribution < 1.29 is 14.3 Å². The number of nitrogens with zero attached hydrogens (tertiary/aromatic N) is 6. The molecule has 3 N–H and O–H groups in total. The second-order valence-electron chi connectivity index (χ2n) is 13.9. The minimum absolute atomic E-state index is 0.201. The molecule has 6 aromatic rings. The maximum absolute atomic E-state index is 13.5. The van der Waals surface area contributed by atoms with E-state index >= 15 is 0 Å². The van der Waals surface area contributed by atoms with Crippen molar-refractivity contribution in [3.8, 4) is 11.4 Å². The van der Waals surface area contributed by atoms with Gasteiger partial charge in [-0.1, -0.05) is 62.7 Å². The number of benzene rings is 3. The molecule has 52 heavy (non-hydrogen) atoms. The Morgan fingerprint density at radius 2 is 1.69 bits per heavy atom. The third kappa shape index (κ3) is 8.36. The molecule has 0 radical (unpaired) electrons. The molecule has 0 unspecified atom stereocenters. The van der Waals surface area contributed by atoms with Crippen LogP contribution in [0.25, 0.3) is 16.5 Å². The molecule has 12 heteroatoms. The minimum Gasteiger partial charge on any atom is -0.488 e. The SMILES string of the molecule is Cc1ccc(-n2nc(C(C)(C)C)cc2NC(=O)Nc2ccc(OCc3ccnc(Nc4cncc(CN5CCOCC5)n4)c3)c3ccccc23)cc1. The lowest BCUT2D eigenvalue weighted by molar-refractivity contribution is 0.0336. The fourth-order valence-corrected chi connectivity index (χ4v) is 5.95. The van der Waals surface area contributed by atoms with Gasteiger partial charge < -0.3 is 20.1 Å². The highest BCUT2D eigenvalue weighted by Gasteiger charge is 2.22. The Balaban J connectivity index is 1.03. The largest absolute Gasteiger partial charge is 0.488 e. The number of ether oxygens (including phenoxy) is 2. The summed E-state index contributed by atoms with van der Waals surface area (Å²) in [4.78, 5) is 29.4. The number of morpholine rings is 1. The van der Waals surface area contributed by atoms with Crippen LogP contribution in [-0.4, -0.2) is 62.0 Å². The molecule has 3 aromatic carbocycles. The van der Waals surface area contributed by atoms with Crippen molar-refractivity contribution in [3.05, 3.63) is 120 Å². The zero-order chi connectivity index (χ0) is 36.1. The standard InChI is InChI=1S/C40H43N9O3/c1-27-9-11-30(12-10-27)49-38(22-35(47-49)40(2,3)4)46-39(50)44-33-13-14-34(32-8-6-5-7-31(32)33)52-26-28-15-16-42-36(21-28)45-37-24-41-23-29(43-37)25-48-17-19-51-20-18-48/h5-16,21-24H,17-20,25-26H2,1-4H3,(H,42,43,45)(H2,44,46,50). The molecule has 1 aliphatic heterocycles. The fraction of sp³-hybridized carbons (Fsp3) is 0.275. The van der Waals surface area contributed by atoms with Crippen LogP contribution in [0.3, 0.4) is 0 Å². The number of urea groups is 1. The molecular weight excluding hydrogens is 654 g/mol. The van der Waals surface area contributed by atoms with Gasteiger partial charge in [-0.05, 0) is 48.9 Å². The van der Waals surface area contributed by atoms with Crippen molar-refractivity contribution in [3.63, 3.8) is 0 Å². The van der Waals surface area contributed by atoms with Gasteiger partial charge in [0.25, 0.3) is 0 Å². The molecule has 1 fully saturated rings. The van der Waals surface area contributed by atoms with E-state index < -0.39 is 0 Å². The molecule has 0 spiro atoms. The van der Waals surface area contributed by atoms with Gasteiger partial charge in [-0.2, -0.15) is 5.10 Å². The monoisotopic (exact) mass is 697 g/mol. The normalized spacial score (nSPS) is 13.5. The number of rotatable bonds is 10. The van der Waals surface area contributed by atoms with Gasteiger partial charge in [-0.15, -0.1) is 0 Å². The summed E-state index contributed by atoms with van der Waals surface area (Å²) in [5.41, 5.74) is 5.15. The van der Waals surface area contributed by atoms with Crippen LogP contribution >= 0.6 is 0 Å². The maximum Gasteiger partial charge on any atom is 0.324 e. The summed E-state index contributed by atoms with van der Waals surface area (Å²) in [7, 11) is 0. The van der Waals surface area contributed by atoms with Crippen molar-refractivity contribution in [1.82, 2.24) is 29.6 Å². The Kier molecular flexibility index (Phi) is 10.1. The number of anilines is 4. The zero-order valence-corrected chi connectivity index (χ0v) is 29.9. The number of fused-ring (bicyclic) bond motifs is 1. The molecule has 3 aromatic heterocycles. The Hall–Kier alpha value is -5.85. The molecule has 12 nitrogen and oxygen atoms in total. The summed E-state index contributed by atoms with van der Waals surface area (Å²) < 4.78 is 13.6. The van der Waals surface area contributed by atoms with E-state index in [1.165, 1.54) is 0 Å². The molecule has 7 rings (SSSR count). The second kappa shape index (κ2) is 15.2. The van der Waals surface area contributed by atoms with Crippen LogP contribution in [0.1, 0.15) is 43.3 Å². The van der Waals surface area contributed by atoms with E-state index in [9.17, 15) is 4.79 Å². The average Bonchev–Trinajstić information content (AvgIpc) is 3.57. The third-order valence-corrected chi connectivity index (χ3v) is 8.78. The van der Waals surface area contributed by atoms with Crippen LogP contribution in [0.4, 0.5) is 27.9 Å². The van der Waals surface area contributed by atoms with Crippen molar-refractivity contribution in [2.24, 2.45) is 0 Å². The predicted molar refractivity (Wildman–Crippen MR) is 204 cm³/mol. The summed E-state index contributed by atoms with van der Waals surface area (Å²) in [6.45, 7) is 12.6. The average molecular weight is 698 g/mol. The van der Waals surface area contributed by atoms with Crippen LogP contribution in [0.15, 0.2) is 97.5 Å². The summed E-state index contributed by atoms with van der Waals surface area (Å²) in [6, 6.07) is 25.0. The lowest BCUT2D eigenvalue weighted by Gasteiger charge is -2.26. The summed E-state index contributed by atoms with van der Waals surface area (Å²) >= 11 is 0. The van der Waals surface area contributed by atoms with E-state index in [2.05, 4.69) is 51.6 Å². The Morgan fingerprint density at radius 3 is 2.48 bits per heavy atom. The smallest absolute Gasteiger partial charge is 0.324 e. The maximum atomic E-state index is 13.5. The topological polar surface area (TPSA) is 131 Å². The number of hydrogen-bond acceptors (Lipinski definition) is 9. The second-order valence-corrected chi connectivity index (χ2v) is 13.9. The van der Waals surface area contributed by atoms with Crippen LogP contribution in [0.2, 0.25) is 0 Å². The van der Waals surface area contributed by atoms with Crippen LogP contribution < -0.4 is 20.7 Å².